The van der Waals surface area contributed by atoms with Crippen LogP contribution in [0.4, 0.5) is 0 Å². The Hall–Kier alpha value is -1.30. The molecule has 0 aromatic rings. The van der Waals surface area contributed by atoms with Crippen LogP contribution in [0.5, 0.6) is 0 Å². The second-order valence-electron chi connectivity index (χ2n) is 6.72. The zero-order valence-electron chi connectivity index (χ0n) is 14.9. The maximum absolute atomic E-state index is 11.5. The van der Waals surface area contributed by atoms with Crippen LogP contribution in [0.15, 0.2) is 4.99 Å². The Kier molecular flexibility index (Phi) is 7.65. The Morgan fingerprint density at radius 3 is 2.32 bits per heavy atom. The van der Waals surface area contributed by atoms with Crippen molar-refractivity contribution in [2.75, 3.05) is 33.2 Å². The van der Waals surface area contributed by atoms with Crippen LogP contribution in [0.3, 0.4) is 0 Å². The van der Waals surface area contributed by atoms with Crippen molar-refractivity contribution in [1.29, 1.82) is 0 Å². The van der Waals surface area contributed by atoms with E-state index in [1.54, 1.807) is 7.05 Å². The highest BCUT2D eigenvalue weighted by Crippen LogP contribution is 2.18. The Morgan fingerprint density at radius 2 is 1.82 bits per heavy atom. The lowest BCUT2D eigenvalue weighted by Crippen LogP contribution is -2.48. The monoisotopic (exact) mass is 311 g/mol. The average molecular weight is 311 g/mol. The molecular weight excluding hydrogens is 278 g/mol. The first kappa shape index (κ1) is 18.7. The van der Waals surface area contributed by atoms with E-state index < -0.39 is 0 Å². The molecule has 0 bridgehead atoms. The molecule has 1 aliphatic rings. The lowest BCUT2D eigenvalue weighted by molar-refractivity contribution is -0.123. The summed E-state index contributed by atoms with van der Waals surface area (Å²) in [5.41, 5.74) is 0. The van der Waals surface area contributed by atoms with Crippen molar-refractivity contribution in [2.45, 2.75) is 46.7 Å². The predicted molar refractivity (Wildman–Crippen MR) is 92.0 cm³/mol. The molecule has 3 N–H and O–H groups in total. The fourth-order valence-electron chi connectivity index (χ4n) is 2.55. The molecule has 1 fully saturated rings. The molecule has 0 aromatic heterocycles. The van der Waals surface area contributed by atoms with Crippen LogP contribution in [0.1, 0.15) is 34.6 Å². The lowest BCUT2D eigenvalue weighted by Gasteiger charge is -2.22. The first-order valence-corrected chi connectivity index (χ1v) is 8.34. The van der Waals surface area contributed by atoms with Crippen molar-refractivity contribution in [3.8, 4) is 0 Å². The van der Waals surface area contributed by atoms with Gasteiger partial charge in [-0.15, -0.1) is 0 Å². The molecule has 6 heteroatoms. The zero-order chi connectivity index (χ0) is 16.7. The second-order valence-corrected chi connectivity index (χ2v) is 6.72. The van der Waals surface area contributed by atoms with Gasteiger partial charge in [0.1, 0.15) is 0 Å². The first-order chi connectivity index (χ1) is 10.3. The van der Waals surface area contributed by atoms with Gasteiger partial charge >= 0.3 is 0 Å². The third-order valence-corrected chi connectivity index (χ3v) is 4.16. The first-order valence-electron chi connectivity index (χ1n) is 8.34. The van der Waals surface area contributed by atoms with Crippen molar-refractivity contribution >= 4 is 11.9 Å². The molecule has 2 unspecified atom stereocenters. The minimum Gasteiger partial charge on any atom is -0.355 e. The number of amides is 1. The van der Waals surface area contributed by atoms with Crippen LogP contribution < -0.4 is 16.0 Å². The molecule has 2 atom stereocenters. The molecule has 0 saturated carbocycles. The summed E-state index contributed by atoms with van der Waals surface area (Å²) < 4.78 is 0. The minimum atomic E-state index is 0.0267. The van der Waals surface area contributed by atoms with Crippen LogP contribution in [-0.2, 0) is 4.79 Å². The van der Waals surface area contributed by atoms with Crippen molar-refractivity contribution in [1.82, 2.24) is 20.9 Å². The summed E-state index contributed by atoms with van der Waals surface area (Å²) >= 11 is 0. The van der Waals surface area contributed by atoms with Gasteiger partial charge in [-0.3, -0.25) is 14.7 Å². The third-order valence-electron chi connectivity index (χ3n) is 4.16. The number of aliphatic imine (C=N–C) groups is 1. The summed E-state index contributed by atoms with van der Waals surface area (Å²) in [6, 6.07) is 0.995. The van der Waals surface area contributed by atoms with E-state index in [0.717, 1.165) is 19.0 Å². The SMILES string of the molecule is CN=C(NCCNC(=O)C(C)C)NC1CN(C(C)C)CC1C. The molecule has 0 aliphatic carbocycles. The van der Waals surface area contributed by atoms with Gasteiger partial charge in [-0.25, -0.2) is 0 Å². The average Bonchev–Trinajstić information content (AvgIpc) is 2.83. The maximum Gasteiger partial charge on any atom is 0.222 e. The number of nitrogens with zero attached hydrogens (tertiary/aromatic N) is 2. The van der Waals surface area contributed by atoms with Crippen LogP contribution in [0.2, 0.25) is 0 Å². The summed E-state index contributed by atoms with van der Waals surface area (Å²) in [7, 11) is 1.78. The molecule has 1 rings (SSSR count). The summed E-state index contributed by atoms with van der Waals surface area (Å²) in [6.07, 6.45) is 0. The van der Waals surface area contributed by atoms with E-state index in [0.29, 0.717) is 31.1 Å². The van der Waals surface area contributed by atoms with Gasteiger partial charge in [-0.05, 0) is 19.8 Å². The third kappa shape index (κ3) is 5.83. The molecule has 22 heavy (non-hydrogen) atoms. The summed E-state index contributed by atoms with van der Waals surface area (Å²) in [4.78, 5) is 18.2. The maximum atomic E-state index is 11.5. The van der Waals surface area contributed by atoms with Gasteiger partial charge < -0.3 is 16.0 Å². The number of nitrogens with one attached hydrogen (secondary N) is 3. The molecule has 1 aliphatic heterocycles. The van der Waals surface area contributed by atoms with Crippen LogP contribution in [0, 0.1) is 11.8 Å². The van der Waals surface area contributed by atoms with E-state index in [1.807, 2.05) is 13.8 Å². The Balaban J connectivity index is 2.32. The highest BCUT2D eigenvalue weighted by molar-refractivity contribution is 5.80. The van der Waals surface area contributed by atoms with Gasteiger partial charge in [-0.2, -0.15) is 0 Å². The summed E-state index contributed by atoms with van der Waals surface area (Å²) in [6.45, 7) is 14.0. The standard InChI is InChI=1S/C16H33N5O/c1-11(2)15(22)18-7-8-19-16(17-6)20-14-10-21(12(3)4)9-13(14)5/h11-14H,7-10H2,1-6H3,(H,18,22)(H2,17,19,20). The summed E-state index contributed by atoms with van der Waals surface area (Å²) in [5.74, 6) is 1.52. The van der Waals surface area contributed by atoms with E-state index in [4.69, 9.17) is 0 Å². The van der Waals surface area contributed by atoms with E-state index >= 15 is 0 Å². The van der Waals surface area contributed by atoms with E-state index in [-0.39, 0.29) is 11.8 Å². The highest BCUT2D eigenvalue weighted by Gasteiger charge is 2.31. The van der Waals surface area contributed by atoms with Gasteiger partial charge in [0.05, 0.1) is 0 Å². The molecule has 0 radical (unpaired) electrons. The zero-order valence-corrected chi connectivity index (χ0v) is 14.9. The van der Waals surface area contributed by atoms with E-state index in [1.165, 1.54) is 0 Å². The normalized spacial score (nSPS) is 23.2. The largest absolute Gasteiger partial charge is 0.355 e. The highest BCUT2D eigenvalue weighted by atomic mass is 16.1. The molecule has 128 valence electrons. The van der Waals surface area contributed by atoms with Gasteiger partial charge in [0.15, 0.2) is 5.96 Å². The van der Waals surface area contributed by atoms with E-state index in [9.17, 15) is 4.79 Å². The van der Waals surface area contributed by atoms with E-state index in [2.05, 4.69) is 46.6 Å². The Labute approximate surface area is 135 Å². The van der Waals surface area contributed by atoms with Gasteiger partial charge in [0, 0.05) is 51.2 Å². The van der Waals surface area contributed by atoms with Gasteiger partial charge in [0.2, 0.25) is 5.91 Å². The number of hydrogen-bond acceptors (Lipinski definition) is 3. The molecule has 6 nitrogen and oxygen atoms in total. The van der Waals surface area contributed by atoms with Crippen LogP contribution in [0.25, 0.3) is 0 Å². The molecule has 0 aromatic carbocycles. The quantitative estimate of drug-likeness (QED) is 0.383. The number of guanidine groups is 1. The van der Waals surface area contributed by atoms with Crippen LogP contribution >= 0.6 is 0 Å². The molecule has 1 heterocycles. The molecule has 1 amide bonds. The second kappa shape index (κ2) is 8.98. The topological polar surface area (TPSA) is 68.8 Å². The lowest BCUT2D eigenvalue weighted by atomic mass is 10.1. The number of carbonyl (C=O) groups is 1. The van der Waals surface area contributed by atoms with Crippen LogP contribution in [-0.4, -0.2) is 62.1 Å². The number of rotatable bonds is 6. The van der Waals surface area contributed by atoms with Gasteiger partial charge in [0.25, 0.3) is 0 Å². The molecular formula is C16H33N5O. The predicted octanol–water partition coefficient (Wildman–Crippen LogP) is 0.652. The van der Waals surface area contributed by atoms with Crippen molar-refractivity contribution in [3.63, 3.8) is 0 Å². The number of hydrogen-bond donors (Lipinski definition) is 3. The van der Waals surface area contributed by atoms with Gasteiger partial charge in [-0.1, -0.05) is 20.8 Å². The fraction of sp³-hybridized carbons (Fsp3) is 0.875. The smallest absolute Gasteiger partial charge is 0.222 e. The number of likely N-dealkylation sites (tertiary alicyclic amines) is 1. The van der Waals surface area contributed by atoms with Crippen molar-refractivity contribution in [2.24, 2.45) is 16.8 Å². The Morgan fingerprint density at radius 1 is 1.18 bits per heavy atom. The fourth-order valence-corrected chi connectivity index (χ4v) is 2.55. The van der Waals surface area contributed by atoms with Crippen molar-refractivity contribution < 1.29 is 4.79 Å². The Bertz CT molecular complexity index is 381. The van der Waals surface area contributed by atoms with Crippen molar-refractivity contribution in [3.05, 3.63) is 0 Å². The summed E-state index contributed by atoms with van der Waals surface area (Å²) in [5, 5.41) is 9.65. The minimum absolute atomic E-state index is 0.0267. The molecule has 0 spiro atoms. The molecule has 1 saturated heterocycles. The number of carbonyl (C=O) groups excluding carboxylic acids is 1.